The van der Waals surface area contributed by atoms with E-state index in [0.717, 1.165) is 54.6 Å². The number of nitrogens with zero attached hydrogens (tertiary/aromatic N) is 3. The maximum atomic E-state index is 14.5. The zero-order valence-electron chi connectivity index (χ0n) is 15.3. The van der Waals surface area contributed by atoms with Crippen LogP contribution in [0, 0.1) is 11.6 Å². The van der Waals surface area contributed by atoms with Crippen molar-refractivity contribution in [3.63, 3.8) is 0 Å². The summed E-state index contributed by atoms with van der Waals surface area (Å²) in [5, 5.41) is 4.59. The number of carbonyl (C=O) groups excluding carboxylic acids is 1. The summed E-state index contributed by atoms with van der Waals surface area (Å²) in [4.78, 5) is 14.9. The van der Waals surface area contributed by atoms with Crippen LogP contribution >= 0.6 is 0 Å². The summed E-state index contributed by atoms with van der Waals surface area (Å²) in [7, 11) is 0. The number of aromatic nitrogens is 2. The average Bonchev–Trinajstić information content (AvgIpc) is 3.31. The van der Waals surface area contributed by atoms with E-state index < -0.39 is 0 Å². The summed E-state index contributed by atoms with van der Waals surface area (Å²) >= 11 is 0. The predicted molar refractivity (Wildman–Crippen MR) is 102 cm³/mol. The molecule has 0 fully saturated rings. The fraction of sp³-hybridized carbons (Fsp3) is 0.273. The highest BCUT2D eigenvalue weighted by molar-refractivity contribution is 6.06. The maximum absolute atomic E-state index is 14.5. The van der Waals surface area contributed by atoms with Crippen LogP contribution in [-0.2, 0) is 19.3 Å². The Kier molecular flexibility index (Phi) is 4.00. The Bertz CT molecular complexity index is 1070. The molecule has 0 N–H and O–H groups in total. The summed E-state index contributed by atoms with van der Waals surface area (Å²) in [6.07, 6.45) is 4.09. The number of anilines is 1. The molecule has 1 aliphatic carbocycles. The van der Waals surface area contributed by atoms with Gasteiger partial charge < -0.3 is 4.90 Å². The Morgan fingerprint density at radius 2 is 1.79 bits per heavy atom. The van der Waals surface area contributed by atoms with Gasteiger partial charge in [-0.1, -0.05) is 12.1 Å². The highest BCUT2D eigenvalue weighted by Crippen LogP contribution is 2.34. The number of hydrogen-bond acceptors (Lipinski definition) is 2. The number of hydrogen-bond donors (Lipinski definition) is 0. The molecule has 0 bridgehead atoms. The molecule has 2 aliphatic rings. The van der Waals surface area contributed by atoms with E-state index in [1.807, 2.05) is 6.07 Å². The molecule has 2 heterocycles. The van der Waals surface area contributed by atoms with Gasteiger partial charge in [-0.05, 0) is 68.0 Å². The van der Waals surface area contributed by atoms with E-state index in [-0.39, 0.29) is 17.5 Å². The van der Waals surface area contributed by atoms with Gasteiger partial charge in [0.2, 0.25) is 0 Å². The molecule has 1 aliphatic heterocycles. The van der Waals surface area contributed by atoms with Crippen molar-refractivity contribution in [1.82, 2.24) is 9.78 Å². The SMILES string of the molecule is O=C(c1nn(-c2ccc(F)cc2)c2c1CCC2)N1CCCc2cccc(F)c21. The van der Waals surface area contributed by atoms with Crippen molar-refractivity contribution >= 4 is 11.6 Å². The van der Waals surface area contributed by atoms with Gasteiger partial charge in [-0.15, -0.1) is 0 Å². The number of benzene rings is 2. The van der Waals surface area contributed by atoms with Crippen LogP contribution in [0.4, 0.5) is 14.5 Å². The number of halogens is 2. The zero-order chi connectivity index (χ0) is 19.3. The van der Waals surface area contributed by atoms with Crippen LogP contribution < -0.4 is 4.90 Å². The van der Waals surface area contributed by atoms with Crippen LogP contribution in [0.5, 0.6) is 0 Å². The van der Waals surface area contributed by atoms with E-state index in [1.165, 1.54) is 23.1 Å². The molecule has 6 heteroatoms. The number of carbonyl (C=O) groups is 1. The van der Waals surface area contributed by atoms with Crippen molar-refractivity contribution in [2.75, 3.05) is 11.4 Å². The van der Waals surface area contributed by atoms with E-state index in [0.29, 0.717) is 17.9 Å². The first-order chi connectivity index (χ1) is 13.6. The monoisotopic (exact) mass is 379 g/mol. The largest absolute Gasteiger partial charge is 0.304 e. The highest BCUT2D eigenvalue weighted by Gasteiger charge is 2.33. The van der Waals surface area contributed by atoms with Crippen LogP contribution in [-0.4, -0.2) is 22.2 Å². The molecule has 28 heavy (non-hydrogen) atoms. The quantitative estimate of drug-likeness (QED) is 0.668. The van der Waals surface area contributed by atoms with Crippen LogP contribution in [0.3, 0.4) is 0 Å². The first kappa shape index (κ1) is 17.1. The molecule has 142 valence electrons. The van der Waals surface area contributed by atoms with E-state index >= 15 is 0 Å². The summed E-state index contributed by atoms with van der Waals surface area (Å²) in [6.45, 7) is 0.477. The fourth-order valence-electron chi connectivity index (χ4n) is 4.34. The molecule has 1 amide bonds. The summed E-state index contributed by atoms with van der Waals surface area (Å²) in [6, 6.07) is 11.0. The highest BCUT2D eigenvalue weighted by atomic mass is 19.1. The molecule has 3 aromatic rings. The van der Waals surface area contributed by atoms with Crippen molar-refractivity contribution in [3.8, 4) is 5.69 Å². The minimum absolute atomic E-state index is 0.259. The molecule has 0 spiro atoms. The van der Waals surface area contributed by atoms with Crippen LogP contribution in [0.25, 0.3) is 5.69 Å². The molecule has 0 radical (unpaired) electrons. The van der Waals surface area contributed by atoms with E-state index in [9.17, 15) is 13.6 Å². The van der Waals surface area contributed by atoms with Gasteiger partial charge in [0.25, 0.3) is 5.91 Å². The van der Waals surface area contributed by atoms with Crippen molar-refractivity contribution in [1.29, 1.82) is 0 Å². The lowest BCUT2D eigenvalue weighted by Crippen LogP contribution is -2.37. The minimum atomic E-state index is -0.375. The van der Waals surface area contributed by atoms with E-state index in [4.69, 9.17) is 0 Å². The first-order valence-corrected chi connectivity index (χ1v) is 9.59. The Balaban J connectivity index is 1.59. The molecule has 0 unspecified atom stereocenters. The third-order valence-electron chi connectivity index (χ3n) is 5.62. The van der Waals surface area contributed by atoms with E-state index in [2.05, 4.69) is 5.10 Å². The Morgan fingerprint density at radius 3 is 2.61 bits per heavy atom. The molecule has 2 aromatic carbocycles. The predicted octanol–water partition coefficient (Wildman–Crippen LogP) is 4.23. The van der Waals surface area contributed by atoms with Gasteiger partial charge in [0.15, 0.2) is 5.69 Å². The molecular formula is C22H19F2N3O. The number of amides is 1. The third-order valence-corrected chi connectivity index (χ3v) is 5.62. The van der Waals surface area contributed by atoms with Crippen LogP contribution in [0.2, 0.25) is 0 Å². The second-order valence-electron chi connectivity index (χ2n) is 7.32. The lowest BCUT2D eigenvalue weighted by molar-refractivity contribution is 0.0978. The number of rotatable bonds is 2. The van der Waals surface area contributed by atoms with Crippen molar-refractivity contribution in [3.05, 3.63) is 76.6 Å². The second kappa shape index (κ2) is 6.55. The molecule has 0 atom stereocenters. The Labute approximate surface area is 161 Å². The molecule has 0 saturated carbocycles. The number of para-hydroxylation sites is 1. The standard InChI is InChI=1S/C22H19F2N3O/c23-15-9-11-16(12-10-15)27-19-8-2-6-17(19)20(25-27)22(28)26-13-3-5-14-4-1-7-18(24)21(14)26/h1,4,7,9-12H,2-3,5-6,8,13H2. The van der Waals surface area contributed by atoms with Gasteiger partial charge >= 0.3 is 0 Å². The van der Waals surface area contributed by atoms with Gasteiger partial charge in [-0.2, -0.15) is 5.10 Å². The average molecular weight is 379 g/mol. The van der Waals surface area contributed by atoms with Gasteiger partial charge in [0, 0.05) is 17.8 Å². The lowest BCUT2D eigenvalue weighted by Gasteiger charge is -2.29. The van der Waals surface area contributed by atoms with Crippen LogP contribution in [0.1, 0.15) is 40.2 Å². The summed E-state index contributed by atoms with van der Waals surface area (Å²) in [5.41, 5.74) is 4.26. The lowest BCUT2D eigenvalue weighted by atomic mass is 10.0. The Morgan fingerprint density at radius 1 is 0.964 bits per heavy atom. The van der Waals surface area contributed by atoms with Crippen LogP contribution in [0.15, 0.2) is 42.5 Å². The summed E-state index contributed by atoms with van der Waals surface area (Å²) < 4.78 is 29.6. The topological polar surface area (TPSA) is 38.1 Å². The maximum Gasteiger partial charge on any atom is 0.279 e. The van der Waals surface area contributed by atoms with Gasteiger partial charge in [0.05, 0.1) is 11.4 Å². The Hall–Kier alpha value is -3.02. The fourth-order valence-corrected chi connectivity index (χ4v) is 4.34. The van der Waals surface area contributed by atoms with Gasteiger partial charge in [-0.3, -0.25) is 4.79 Å². The van der Waals surface area contributed by atoms with Crippen molar-refractivity contribution < 1.29 is 13.6 Å². The smallest absolute Gasteiger partial charge is 0.279 e. The number of aryl methyl sites for hydroxylation is 1. The second-order valence-corrected chi connectivity index (χ2v) is 7.32. The van der Waals surface area contributed by atoms with Crippen molar-refractivity contribution in [2.24, 2.45) is 0 Å². The molecule has 4 nitrogen and oxygen atoms in total. The van der Waals surface area contributed by atoms with Gasteiger partial charge in [0.1, 0.15) is 11.6 Å². The van der Waals surface area contributed by atoms with Crippen molar-refractivity contribution in [2.45, 2.75) is 32.1 Å². The molecule has 1 aromatic heterocycles. The normalized spacial score (nSPS) is 15.4. The zero-order valence-corrected chi connectivity index (χ0v) is 15.3. The van der Waals surface area contributed by atoms with E-state index in [1.54, 1.807) is 22.9 Å². The minimum Gasteiger partial charge on any atom is -0.304 e. The first-order valence-electron chi connectivity index (χ1n) is 9.59. The summed E-state index contributed by atoms with van der Waals surface area (Å²) in [5.74, 6) is -0.950. The third kappa shape index (κ3) is 2.63. The molecule has 5 rings (SSSR count). The van der Waals surface area contributed by atoms with Gasteiger partial charge in [-0.25, -0.2) is 13.5 Å². The molecular weight excluding hydrogens is 360 g/mol. The molecule has 0 saturated heterocycles. The number of fused-ring (bicyclic) bond motifs is 2.